The highest BCUT2D eigenvalue weighted by Gasteiger charge is 2.19. The molecule has 0 saturated heterocycles. The predicted octanol–water partition coefficient (Wildman–Crippen LogP) is 14.5. The first kappa shape index (κ1) is 28.9. The summed E-state index contributed by atoms with van der Waals surface area (Å²) in [7, 11) is 0. The molecule has 2 heterocycles. The van der Waals surface area contributed by atoms with E-state index in [0.29, 0.717) is 0 Å². The van der Waals surface area contributed by atoms with Crippen molar-refractivity contribution in [1.82, 2.24) is 0 Å². The van der Waals surface area contributed by atoms with Crippen LogP contribution in [0.25, 0.3) is 110 Å². The number of furan rings is 2. The van der Waals surface area contributed by atoms with Crippen LogP contribution in [0.15, 0.2) is 191 Å². The van der Waals surface area contributed by atoms with Gasteiger partial charge in [-0.2, -0.15) is 0 Å². The summed E-state index contributed by atoms with van der Waals surface area (Å²) >= 11 is 0. The van der Waals surface area contributed by atoms with Crippen molar-refractivity contribution in [3.8, 4) is 44.5 Å². The summed E-state index contributed by atoms with van der Waals surface area (Å²) in [5, 5.41) is 9.51. The van der Waals surface area contributed by atoms with Crippen LogP contribution in [0.5, 0.6) is 0 Å². The van der Waals surface area contributed by atoms with Gasteiger partial charge in [0.25, 0.3) is 0 Å². The summed E-state index contributed by atoms with van der Waals surface area (Å²) < 4.78 is 12.5. The molecule has 0 N–H and O–H groups in total. The molecule has 0 bridgehead atoms. The molecule has 11 rings (SSSR count). The Morgan fingerprint density at radius 3 is 1.38 bits per heavy atom. The number of benzene rings is 9. The molecule has 0 aliphatic carbocycles. The van der Waals surface area contributed by atoms with Crippen LogP contribution in [-0.4, -0.2) is 0 Å². The molecule has 0 unspecified atom stereocenters. The summed E-state index contributed by atoms with van der Waals surface area (Å²) in [6.07, 6.45) is 0. The molecule has 0 atom stereocenters. The highest BCUT2D eigenvalue weighted by Crippen LogP contribution is 2.46. The minimum absolute atomic E-state index is 0.907. The summed E-state index contributed by atoms with van der Waals surface area (Å²) in [4.78, 5) is 0. The molecule has 11 aromatic rings. The van der Waals surface area contributed by atoms with Crippen LogP contribution in [0.3, 0.4) is 0 Å². The lowest BCUT2D eigenvalue weighted by molar-refractivity contribution is 0.668. The van der Waals surface area contributed by atoms with Crippen molar-refractivity contribution in [3.05, 3.63) is 182 Å². The van der Waals surface area contributed by atoms with Gasteiger partial charge in [-0.15, -0.1) is 0 Å². The first-order valence-corrected chi connectivity index (χ1v) is 17.8. The Morgan fingerprint density at radius 1 is 0.250 bits per heavy atom. The zero-order valence-electron chi connectivity index (χ0n) is 28.1. The monoisotopic (exact) mass is 662 g/mol. The molecule has 9 aromatic carbocycles. The van der Waals surface area contributed by atoms with E-state index >= 15 is 0 Å². The highest BCUT2D eigenvalue weighted by molar-refractivity contribution is 6.22. The van der Waals surface area contributed by atoms with E-state index in [1.165, 1.54) is 66.1 Å². The topological polar surface area (TPSA) is 26.3 Å². The van der Waals surface area contributed by atoms with Crippen molar-refractivity contribution in [1.29, 1.82) is 0 Å². The third kappa shape index (κ3) is 4.31. The minimum atomic E-state index is 0.907. The molecule has 2 heteroatoms. The molecular formula is C50H30O2. The second kappa shape index (κ2) is 11.3. The Balaban J connectivity index is 1.08. The predicted molar refractivity (Wildman–Crippen MR) is 218 cm³/mol. The fraction of sp³-hybridized carbons (Fsp3) is 0. The van der Waals surface area contributed by atoms with Gasteiger partial charge in [-0.05, 0) is 96.4 Å². The van der Waals surface area contributed by atoms with Gasteiger partial charge >= 0.3 is 0 Å². The van der Waals surface area contributed by atoms with E-state index in [-0.39, 0.29) is 0 Å². The SMILES string of the molecule is c1ccc(-c2cccc3oc4ccccc4c23)c(-c2ccc(-c3c4ccccc4c(-c4ccc5oc6ccccc6c5c4)c4ccccc34)cc2)c1. The van der Waals surface area contributed by atoms with Crippen LogP contribution >= 0.6 is 0 Å². The number of rotatable bonds is 4. The molecule has 0 amide bonds. The maximum absolute atomic E-state index is 6.26. The van der Waals surface area contributed by atoms with Crippen LogP contribution in [0, 0.1) is 0 Å². The van der Waals surface area contributed by atoms with Gasteiger partial charge in [0.2, 0.25) is 0 Å². The van der Waals surface area contributed by atoms with E-state index in [1.54, 1.807) is 0 Å². The van der Waals surface area contributed by atoms with E-state index in [4.69, 9.17) is 8.83 Å². The van der Waals surface area contributed by atoms with Crippen molar-refractivity contribution >= 4 is 65.4 Å². The van der Waals surface area contributed by atoms with Crippen molar-refractivity contribution in [2.75, 3.05) is 0 Å². The minimum Gasteiger partial charge on any atom is -0.456 e. The fourth-order valence-electron chi connectivity index (χ4n) is 8.42. The Labute approximate surface area is 299 Å². The molecule has 0 aliphatic rings. The van der Waals surface area contributed by atoms with Crippen LogP contribution in [0.2, 0.25) is 0 Å². The quantitative estimate of drug-likeness (QED) is 0.175. The van der Waals surface area contributed by atoms with Crippen molar-refractivity contribution < 1.29 is 8.83 Å². The first-order valence-electron chi connectivity index (χ1n) is 17.8. The van der Waals surface area contributed by atoms with Crippen LogP contribution < -0.4 is 0 Å². The molecule has 0 fully saturated rings. The van der Waals surface area contributed by atoms with E-state index < -0.39 is 0 Å². The molecule has 242 valence electrons. The lowest BCUT2D eigenvalue weighted by atomic mass is 9.85. The van der Waals surface area contributed by atoms with Crippen molar-refractivity contribution in [3.63, 3.8) is 0 Å². The number of hydrogen-bond acceptors (Lipinski definition) is 2. The van der Waals surface area contributed by atoms with Gasteiger partial charge in [0.1, 0.15) is 22.3 Å². The molecule has 0 aliphatic heterocycles. The molecule has 2 nitrogen and oxygen atoms in total. The number of para-hydroxylation sites is 2. The number of hydrogen-bond donors (Lipinski definition) is 0. The van der Waals surface area contributed by atoms with Gasteiger partial charge in [-0.1, -0.05) is 152 Å². The second-order valence-electron chi connectivity index (χ2n) is 13.6. The molecule has 2 aromatic heterocycles. The molecule has 0 radical (unpaired) electrons. The van der Waals surface area contributed by atoms with Crippen molar-refractivity contribution in [2.45, 2.75) is 0 Å². The van der Waals surface area contributed by atoms with E-state index in [0.717, 1.165) is 43.9 Å². The van der Waals surface area contributed by atoms with Crippen LogP contribution in [0.4, 0.5) is 0 Å². The van der Waals surface area contributed by atoms with Gasteiger partial charge in [0, 0.05) is 21.5 Å². The zero-order chi connectivity index (χ0) is 34.2. The van der Waals surface area contributed by atoms with Gasteiger partial charge in [-0.25, -0.2) is 0 Å². The van der Waals surface area contributed by atoms with Crippen LogP contribution in [0.1, 0.15) is 0 Å². The van der Waals surface area contributed by atoms with Crippen LogP contribution in [-0.2, 0) is 0 Å². The highest BCUT2D eigenvalue weighted by atomic mass is 16.3. The smallest absolute Gasteiger partial charge is 0.136 e. The Morgan fingerprint density at radius 2 is 0.692 bits per heavy atom. The standard InChI is InChI=1S/C50H30O2/c1-2-13-35(37-20-11-23-47-50(37)42-19-8-10-22-45(42)52-47)34(12-1)31-24-26-32(27-25-31)48-38-15-3-5-17-40(38)49(41-18-6-4-16-39(41)48)33-28-29-46-43(30-33)36-14-7-9-21-44(36)51-46/h1-30H. The van der Waals surface area contributed by atoms with Gasteiger partial charge in [0.05, 0.1) is 0 Å². The van der Waals surface area contributed by atoms with Gasteiger partial charge < -0.3 is 8.83 Å². The Bertz CT molecular complexity index is 3120. The van der Waals surface area contributed by atoms with E-state index in [2.05, 4.69) is 158 Å². The Kier molecular flexibility index (Phi) is 6.28. The third-order valence-corrected chi connectivity index (χ3v) is 10.7. The fourth-order valence-corrected chi connectivity index (χ4v) is 8.42. The second-order valence-corrected chi connectivity index (χ2v) is 13.6. The summed E-state index contributed by atoms with van der Waals surface area (Å²) in [5.74, 6) is 0. The summed E-state index contributed by atoms with van der Waals surface area (Å²) in [6, 6.07) is 65.1. The third-order valence-electron chi connectivity index (χ3n) is 10.7. The normalized spacial score (nSPS) is 11.8. The molecule has 52 heavy (non-hydrogen) atoms. The average Bonchev–Trinajstić information content (AvgIpc) is 3.78. The summed E-state index contributed by atoms with van der Waals surface area (Å²) in [6.45, 7) is 0. The average molecular weight is 663 g/mol. The van der Waals surface area contributed by atoms with E-state index in [9.17, 15) is 0 Å². The molecular weight excluding hydrogens is 633 g/mol. The first-order chi connectivity index (χ1) is 25.8. The molecule has 0 saturated carbocycles. The lowest BCUT2D eigenvalue weighted by Gasteiger charge is -2.18. The maximum atomic E-state index is 6.26. The maximum Gasteiger partial charge on any atom is 0.136 e. The summed E-state index contributed by atoms with van der Waals surface area (Å²) in [5.41, 5.74) is 13.2. The Hall–Kier alpha value is -6.90. The van der Waals surface area contributed by atoms with Gasteiger partial charge in [-0.3, -0.25) is 0 Å². The lowest BCUT2D eigenvalue weighted by Crippen LogP contribution is -1.91. The number of fused-ring (bicyclic) bond motifs is 8. The zero-order valence-corrected chi connectivity index (χ0v) is 28.1. The van der Waals surface area contributed by atoms with Crippen molar-refractivity contribution in [2.24, 2.45) is 0 Å². The molecule has 0 spiro atoms. The largest absolute Gasteiger partial charge is 0.456 e. The van der Waals surface area contributed by atoms with E-state index in [1.807, 2.05) is 24.3 Å². The van der Waals surface area contributed by atoms with Gasteiger partial charge in [0.15, 0.2) is 0 Å².